The maximum Gasteiger partial charge on any atom is 0.272 e. The molecule has 0 spiro atoms. The number of carbonyl (C=O) groups is 1. The van der Waals surface area contributed by atoms with Crippen LogP contribution in [-0.4, -0.2) is 20.6 Å². The van der Waals surface area contributed by atoms with Crippen molar-refractivity contribution in [3.8, 4) is 0 Å². The fourth-order valence-corrected chi connectivity index (χ4v) is 2.55. The molecular weight excluding hydrogens is 286 g/mol. The largest absolute Gasteiger partial charge is 0.329 e. The van der Waals surface area contributed by atoms with E-state index >= 15 is 0 Å². The molecule has 0 saturated carbocycles. The van der Waals surface area contributed by atoms with Crippen LogP contribution in [0, 0.1) is 0 Å². The van der Waals surface area contributed by atoms with Crippen molar-refractivity contribution < 1.29 is 4.79 Å². The van der Waals surface area contributed by atoms with Crippen LogP contribution in [0.25, 0.3) is 0 Å². The fourth-order valence-electron chi connectivity index (χ4n) is 2.55. The molecule has 1 aromatic heterocycles. The van der Waals surface area contributed by atoms with Crippen LogP contribution in [0.3, 0.4) is 0 Å². The number of hydrogen-bond acceptors (Lipinski definition) is 2. The van der Waals surface area contributed by atoms with Crippen molar-refractivity contribution in [3.05, 3.63) is 89.7 Å². The lowest BCUT2D eigenvalue weighted by atomic mass is 10.1. The van der Waals surface area contributed by atoms with Gasteiger partial charge in [-0.15, -0.1) is 0 Å². The number of aromatic nitrogens is 2. The van der Waals surface area contributed by atoms with Gasteiger partial charge in [-0.1, -0.05) is 60.7 Å². The van der Waals surface area contributed by atoms with E-state index in [1.54, 1.807) is 24.0 Å². The molecule has 0 aliphatic heterocycles. The first-order valence-corrected chi connectivity index (χ1v) is 7.59. The first-order chi connectivity index (χ1) is 11.2. The molecule has 0 unspecified atom stereocenters. The topological polar surface area (TPSA) is 38.1 Å². The number of carbonyl (C=O) groups excluding carboxylic acids is 1. The molecule has 0 bridgehead atoms. The molecule has 23 heavy (non-hydrogen) atoms. The van der Waals surface area contributed by atoms with E-state index in [0.29, 0.717) is 18.8 Å². The Morgan fingerprint density at radius 1 is 0.913 bits per heavy atom. The summed E-state index contributed by atoms with van der Waals surface area (Å²) in [7, 11) is 1.79. The molecule has 3 rings (SSSR count). The van der Waals surface area contributed by atoms with E-state index in [1.807, 2.05) is 65.6 Å². The summed E-state index contributed by atoms with van der Waals surface area (Å²) in [5.74, 6) is -0.0160. The minimum absolute atomic E-state index is 0.0160. The van der Waals surface area contributed by atoms with E-state index in [4.69, 9.17) is 0 Å². The van der Waals surface area contributed by atoms with Crippen LogP contribution in [0.4, 0.5) is 0 Å². The van der Waals surface area contributed by atoms with Gasteiger partial charge >= 0.3 is 0 Å². The lowest BCUT2D eigenvalue weighted by Gasteiger charge is -2.23. The maximum atomic E-state index is 12.9. The number of nitrogens with zero attached hydrogens (tertiary/aromatic N) is 3. The third kappa shape index (κ3) is 3.66. The van der Waals surface area contributed by atoms with Crippen LogP contribution in [-0.2, 0) is 20.1 Å². The van der Waals surface area contributed by atoms with Gasteiger partial charge in [0.25, 0.3) is 5.91 Å². The van der Waals surface area contributed by atoms with Crippen molar-refractivity contribution in [3.63, 3.8) is 0 Å². The zero-order chi connectivity index (χ0) is 16.1. The van der Waals surface area contributed by atoms with Gasteiger partial charge in [-0.3, -0.25) is 9.48 Å². The molecule has 0 aliphatic rings. The zero-order valence-corrected chi connectivity index (χ0v) is 13.1. The van der Waals surface area contributed by atoms with Crippen LogP contribution >= 0.6 is 0 Å². The third-order valence-electron chi connectivity index (χ3n) is 3.76. The van der Waals surface area contributed by atoms with Crippen molar-refractivity contribution in [2.24, 2.45) is 7.05 Å². The predicted molar refractivity (Wildman–Crippen MR) is 89.7 cm³/mol. The summed E-state index contributed by atoms with van der Waals surface area (Å²) in [6.45, 7) is 1.14. The van der Waals surface area contributed by atoms with Crippen molar-refractivity contribution >= 4 is 5.91 Å². The van der Waals surface area contributed by atoms with Gasteiger partial charge in [0, 0.05) is 26.3 Å². The normalized spacial score (nSPS) is 10.5. The molecule has 3 aromatic rings. The summed E-state index contributed by atoms with van der Waals surface area (Å²) in [5.41, 5.74) is 2.81. The lowest BCUT2D eigenvalue weighted by molar-refractivity contribution is 0.0719. The first kappa shape index (κ1) is 15.0. The molecule has 116 valence electrons. The highest BCUT2D eigenvalue weighted by Gasteiger charge is 2.19. The standard InChI is InChI=1S/C19H19N3O/c1-21-18(12-13-20-21)19(23)22(14-16-8-4-2-5-9-16)15-17-10-6-3-7-11-17/h2-13H,14-15H2,1H3. The monoisotopic (exact) mass is 305 g/mol. The molecule has 0 fully saturated rings. The van der Waals surface area contributed by atoms with Crippen LogP contribution < -0.4 is 0 Å². The van der Waals surface area contributed by atoms with Gasteiger partial charge in [-0.2, -0.15) is 5.10 Å². The molecule has 1 heterocycles. The second kappa shape index (κ2) is 6.92. The van der Waals surface area contributed by atoms with E-state index in [2.05, 4.69) is 5.10 Å². The summed E-state index contributed by atoms with van der Waals surface area (Å²) in [4.78, 5) is 14.7. The Labute approximate surface area is 136 Å². The van der Waals surface area contributed by atoms with Gasteiger partial charge in [0.2, 0.25) is 0 Å². The first-order valence-electron chi connectivity index (χ1n) is 7.59. The molecule has 2 aromatic carbocycles. The fraction of sp³-hybridized carbons (Fsp3) is 0.158. The SMILES string of the molecule is Cn1nccc1C(=O)N(Cc1ccccc1)Cc1ccccc1. The van der Waals surface area contributed by atoms with E-state index in [-0.39, 0.29) is 5.91 Å². The number of amides is 1. The second-order valence-electron chi connectivity index (χ2n) is 5.47. The minimum atomic E-state index is -0.0160. The van der Waals surface area contributed by atoms with Gasteiger partial charge in [0.05, 0.1) is 0 Å². The van der Waals surface area contributed by atoms with Gasteiger partial charge in [0.1, 0.15) is 5.69 Å². The van der Waals surface area contributed by atoms with Crippen LogP contribution in [0.15, 0.2) is 72.9 Å². The Balaban J connectivity index is 1.86. The van der Waals surface area contributed by atoms with E-state index in [0.717, 1.165) is 11.1 Å². The van der Waals surface area contributed by atoms with Crippen molar-refractivity contribution in [1.29, 1.82) is 0 Å². The predicted octanol–water partition coefficient (Wildman–Crippen LogP) is 3.26. The van der Waals surface area contributed by atoms with Gasteiger partial charge in [0.15, 0.2) is 0 Å². The van der Waals surface area contributed by atoms with E-state index in [9.17, 15) is 4.79 Å². The van der Waals surface area contributed by atoms with Crippen molar-refractivity contribution in [2.75, 3.05) is 0 Å². The third-order valence-corrected chi connectivity index (χ3v) is 3.76. The Morgan fingerprint density at radius 2 is 1.43 bits per heavy atom. The highest BCUT2D eigenvalue weighted by Crippen LogP contribution is 2.14. The summed E-state index contributed by atoms with van der Waals surface area (Å²) in [6, 6.07) is 21.8. The molecule has 0 N–H and O–H groups in total. The van der Waals surface area contributed by atoms with Crippen LogP contribution in [0.2, 0.25) is 0 Å². The molecule has 0 atom stereocenters. The Bertz CT molecular complexity index is 724. The molecule has 1 amide bonds. The van der Waals surface area contributed by atoms with Crippen molar-refractivity contribution in [2.45, 2.75) is 13.1 Å². The molecule has 0 aliphatic carbocycles. The average molecular weight is 305 g/mol. The van der Waals surface area contributed by atoms with Crippen LogP contribution in [0.1, 0.15) is 21.6 Å². The number of benzene rings is 2. The summed E-state index contributed by atoms with van der Waals surface area (Å²) < 4.78 is 1.62. The quantitative estimate of drug-likeness (QED) is 0.725. The lowest BCUT2D eigenvalue weighted by Crippen LogP contribution is -2.31. The molecule has 0 radical (unpaired) electrons. The molecule has 4 heteroatoms. The van der Waals surface area contributed by atoms with Gasteiger partial charge < -0.3 is 4.90 Å². The van der Waals surface area contributed by atoms with Crippen LogP contribution in [0.5, 0.6) is 0 Å². The maximum absolute atomic E-state index is 12.9. The summed E-state index contributed by atoms with van der Waals surface area (Å²) in [5, 5.41) is 4.10. The molecule has 4 nitrogen and oxygen atoms in total. The Hall–Kier alpha value is -2.88. The highest BCUT2D eigenvalue weighted by atomic mass is 16.2. The molecule has 0 saturated heterocycles. The molecular formula is C19H19N3O. The van der Waals surface area contributed by atoms with Gasteiger partial charge in [-0.25, -0.2) is 0 Å². The number of hydrogen-bond donors (Lipinski definition) is 0. The Morgan fingerprint density at radius 3 is 1.87 bits per heavy atom. The smallest absolute Gasteiger partial charge is 0.272 e. The summed E-state index contributed by atoms with van der Waals surface area (Å²) >= 11 is 0. The Kier molecular flexibility index (Phi) is 4.52. The van der Waals surface area contributed by atoms with Crippen molar-refractivity contribution in [1.82, 2.24) is 14.7 Å². The van der Waals surface area contributed by atoms with E-state index < -0.39 is 0 Å². The summed E-state index contributed by atoms with van der Waals surface area (Å²) in [6.07, 6.45) is 1.65. The van der Waals surface area contributed by atoms with E-state index in [1.165, 1.54) is 0 Å². The number of rotatable bonds is 5. The second-order valence-corrected chi connectivity index (χ2v) is 5.47. The average Bonchev–Trinajstić information content (AvgIpc) is 3.01. The number of aryl methyl sites for hydroxylation is 1. The zero-order valence-electron chi connectivity index (χ0n) is 13.1. The van der Waals surface area contributed by atoms with Gasteiger partial charge in [-0.05, 0) is 17.2 Å². The highest BCUT2D eigenvalue weighted by molar-refractivity contribution is 5.92. The minimum Gasteiger partial charge on any atom is -0.329 e.